The molecule has 0 aliphatic heterocycles. The second kappa shape index (κ2) is 8.49. The van der Waals surface area contributed by atoms with Gasteiger partial charge in [0.05, 0.1) is 11.9 Å². The molecule has 0 radical (unpaired) electrons. The molecule has 0 aliphatic carbocycles. The van der Waals surface area contributed by atoms with Gasteiger partial charge < -0.3 is 4.57 Å². The summed E-state index contributed by atoms with van der Waals surface area (Å²) in [6, 6.07) is 23.3. The van der Waals surface area contributed by atoms with Gasteiger partial charge in [0.1, 0.15) is 5.69 Å². The molecule has 0 N–H and O–H groups in total. The van der Waals surface area contributed by atoms with Crippen molar-refractivity contribution >= 4 is 21.8 Å². The number of rotatable bonds is 8. The summed E-state index contributed by atoms with van der Waals surface area (Å²) >= 11 is 0. The van der Waals surface area contributed by atoms with Crippen LogP contribution in [-0.2, 0) is 13.1 Å². The number of para-hydroxylation sites is 2. The SMILES string of the molecule is c1ccc(-c2cn(CCCCCCn3c4ccccc4c4ccccc43)nn2)nc1. The minimum Gasteiger partial charge on any atom is -0.340 e. The molecular formula is C25H25N5. The molecule has 3 heterocycles. The highest BCUT2D eigenvalue weighted by atomic mass is 15.4. The number of fused-ring (bicyclic) bond motifs is 3. The Hall–Kier alpha value is -3.47. The summed E-state index contributed by atoms with van der Waals surface area (Å²) in [6.45, 7) is 1.95. The summed E-state index contributed by atoms with van der Waals surface area (Å²) in [5, 5.41) is 11.2. The highest BCUT2D eigenvalue weighted by Crippen LogP contribution is 2.29. The zero-order valence-electron chi connectivity index (χ0n) is 17.0. The van der Waals surface area contributed by atoms with Gasteiger partial charge in [-0.15, -0.1) is 5.10 Å². The summed E-state index contributed by atoms with van der Waals surface area (Å²) < 4.78 is 4.40. The maximum absolute atomic E-state index is 4.33. The van der Waals surface area contributed by atoms with Gasteiger partial charge in [-0.2, -0.15) is 0 Å². The van der Waals surface area contributed by atoms with E-state index in [1.54, 1.807) is 6.20 Å². The van der Waals surface area contributed by atoms with E-state index in [0.29, 0.717) is 0 Å². The van der Waals surface area contributed by atoms with Crippen molar-refractivity contribution in [1.29, 1.82) is 0 Å². The van der Waals surface area contributed by atoms with Gasteiger partial charge in [0, 0.05) is 41.1 Å². The van der Waals surface area contributed by atoms with Crippen molar-refractivity contribution in [3.63, 3.8) is 0 Å². The molecule has 0 aliphatic rings. The van der Waals surface area contributed by atoms with Crippen LogP contribution in [0.25, 0.3) is 33.2 Å². The first kappa shape index (κ1) is 18.6. The van der Waals surface area contributed by atoms with Gasteiger partial charge in [0.15, 0.2) is 0 Å². The fourth-order valence-electron chi connectivity index (χ4n) is 4.18. The Morgan fingerprint density at radius 1 is 0.633 bits per heavy atom. The van der Waals surface area contributed by atoms with E-state index in [1.807, 2.05) is 29.1 Å². The van der Waals surface area contributed by atoms with Crippen LogP contribution in [0.1, 0.15) is 25.7 Å². The maximum Gasteiger partial charge on any atom is 0.131 e. The van der Waals surface area contributed by atoms with Gasteiger partial charge in [-0.25, -0.2) is 0 Å². The molecule has 5 rings (SSSR count). The molecule has 3 aromatic heterocycles. The zero-order chi connectivity index (χ0) is 20.2. The Labute approximate surface area is 176 Å². The minimum absolute atomic E-state index is 0.835. The number of hydrogen-bond acceptors (Lipinski definition) is 3. The molecule has 0 bridgehead atoms. The van der Waals surface area contributed by atoms with Crippen LogP contribution in [0.3, 0.4) is 0 Å². The summed E-state index contributed by atoms with van der Waals surface area (Å²) in [6.07, 6.45) is 8.46. The number of aryl methyl sites for hydroxylation is 2. The van der Waals surface area contributed by atoms with Crippen molar-refractivity contribution in [1.82, 2.24) is 24.5 Å². The topological polar surface area (TPSA) is 48.5 Å². The third kappa shape index (κ3) is 3.71. The first-order chi connectivity index (χ1) is 14.9. The van der Waals surface area contributed by atoms with E-state index in [4.69, 9.17) is 0 Å². The molecule has 2 aromatic carbocycles. The van der Waals surface area contributed by atoms with Gasteiger partial charge in [0.2, 0.25) is 0 Å². The summed E-state index contributed by atoms with van der Waals surface area (Å²) in [5.74, 6) is 0. The normalized spacial score (nSPS) is 11.5. The van der Waals surface area contributed by atoms with E-state index in [9.17, 15) is 0 Å². The van der Waals surface area contributed by atoms with Crippen molar-refractivity contribution in [2.75, 3.05) is 0 Å². The van der Waals surface area contributed by atoms with Crippen molar-refractivity contribution in [2.45, 2.75) is 38.8 Å². The molecular weight excluding hydrogens is 370 g/mol. The van der Waals surface area contributed by atoms with E-state index in [-0.39, 0.29) is 0 Å². The molecule has 5 heteroatoms. The molecule has 0 spiro atoms. The molecule has 0 saturated carbocycles. The lowest BCUT2D eigenvalue weighted by molar-refractivity contribution is 0.512. The standard InChI is InChI=1S/C25H25N5/c1(9-17-29-19-23(27-28-29)22-13-7-8-16-26-22)2-10-18-30-24-14-5-3-11-20(24)21-12-4-6-15-25(21)30/h3-8,11-16,19H,1-2,9-10,17-18H2. The molecule has 0 atom stereocenters. The van der Waals surface area contributed by atoms with Crippen molar-refractivity contribution < 1.29 is 0 Å². The third-order valence-corrected chi connectivity index (χ3v) is 5.66. The predicted octanol–water partition coefficient (Wildman–Crippen LogP) is 5.71. The zero-order valence-corrected chi connectivity index (χ0v) is 17.0. The van der Waals surface area contributed by atoms with Crippen LogP contribution < -0.4 is 0 Å². The van der Waals surface area contributed by atoms with Gasteiger partial charge in [-0.1, -0.05) is 60.5 Å². The summed E-state index contributed by atoms with van der Waals surface area (Å²) in [5.41, 5.74) is 4.38. The molecule has 5 aromatic rings. The Balaban J connectivity index is 1.15. The average molecular weight is 396 g/mol. The van der Waals surface area contributed by atoms with Crippen molar-refractivity contribution in [3.05, 3.63) is 79.1 Å². The fourth-order valence-corrected chi connectivity index (χ4v) is 4.18. The highest BCUT2D eigenvalue weighted by Gasteiger charge is 2.09. The molecule has 5 nitrogen and oxygen atoms in total. The first-order valence-corrected chi connectivity index (χ1v) is 10.7. The van der Waals surface area contributed by atoms with Crippen LogP contribution in [0.2, 0.25) is 0 Å². The fraction of sp³-hybridized carbons (Fsp3) is 0.240. The lowest BCUT2D eigenvalue weighted by Gasteiger charge is -2.07. The van der Waals surface area contributed by atoms with E-state index in [0.717, 1.165) is 30.9 Å². The highest BCUT2D eigenvalue weighted by molar-refractivity contribution is 6.07. The van der Waals surface area contributed by atoms with Crippen LogP contribution >= 0.6 is 0 Å². The quantitative estimate of drug-likeness (QED) is 0.316. The molecule has 0 unspecified atom stereocenters. The largest absolute Gasteiger partial charge is 0.340 e. The Kier molecular flexibility index (Phi) is 5.25. The summed E-state index contributed by atoms with van der Waals surface area (Å²) in [4.78, 5) is 4.33. The first-order valence-electron chi connectivity index (χ1n) is 10.7. The van der Waals surface area contributed by atoms with Crippen LogP contribution in [-0.4, -0.2) is 24.5 Å². The number of hydrogen-bond donors (Lipinski definition) is 0. The monoisotopic (exact) mass is 395 g/mol. The average Bonchev–Trinajstić information content (AvgIpc) is 3.40. The number of nitrogens with zero attached hydrogens (tertiary/aromatic N) is 5. The smallest absolute Gasteiger partial charge is 0.131 e. The van der Waals surface area contributed by atoms with Crippen LogP contribution in [0.15, 0.2) is 79.1 Å². The molecule has 0 fully saturated rings. The van der Waals surface area contributed by atoms with Gasteiger partial charge >= 0.3 is 0 Å². The number of aromatic nitrogens is 5. The Bertz CT molecular complexity index is 1200. The maximum atomic E-state index is 4.33. The van der Waals surface area contributed by atoms with Crippen LogP contribution in [0.4, 0.5) is 0 Å². The van der Waals surface area contributed by atoms with Crippen molar-refractivity contribution in [3.8, 4) is 11.4 Å². The van der Waals surface area contributed by atoms with E-state index < -0.39 is 0 Å². The molecule has 30 heavy (non-hydrogen) atoms. The molecule has 150 valence electrons. The second-order valence-electron chi connectivity index (χ2n) is 7.68. The number of pyridine rings is 1. The van der Waals surface area contributed by atoms with Gasteiger partial charge in [-0.05, 0) is 37.1 Å². The third-order valence-electron chi connectivity index (χ3n) is 5.66. The molecule has 0 saturated heterocycles. The Morgan fingerprint density at radius 2 is 1.30 bits per heavy atom. The lowest BCUT2D eigenvalue weighted by atomic mass is 10.2. The van der Waals surface area contributed by atoms with Crippen LogP contribution in [0.5, 0.6) is 0 Å². The minimum atomic E-state index is 0.835. The van der Waals surface area contributed by atoms with E-state index >= 15 is 0 Å². The van der Waals surface area contributed by atoms with Crippen molar-refractivity contribution in [2.24, 2.45) is 0 Å². The van der Waals surface area contributed by atoms with E-state index in [1.165, 1.54) is 41.1 Å². The lowest BCUT2D eigenvalue weighted by Crippen LogP contribution is -2.00. The number of benzene rings is 2. The van der Waals surface area contributed by atoms with Gasteiger partial charge in [-0.3, -0.25) is 9.67 Å². The van der Waals surface area contributed by atoms with E-state index in [2.05, 4.69) is 68.4 Å². The number of unbranched alkanes of at least 4 members (excludes halogenated alkanes) is 3. The second-order valence-corrected chi connectivity index (χ2v) is 7.68. The Morgan fingerprint density at radius 3 is 2.00 bits per heavy atom. The summed E-state index contributed by atoms with van der Waals surface area (Å²) in [7, 11) is 0. The molecule has 0 amide bonds. The predicted molar refractivity (Wildman–Crippen MR) is 121 cm³/mol. The van der Waals surface area contributed by atoms with Crippen LogP contribution in [0, 0.1) is 0 Å². The van der Waals surface area contributed by atoms with Gasteiger partial charge in [0.25, 0.3) is 0 Å².